The predicted molar refractivity (Wildman–Crippen MR) is 116 cm³/mol. The number of likely N-dealkylation sites (N-methyl/N-ethyl adjacent to an activating group) is 1. The van der Waals surface area contributed by atoms with Gasteiger partial charge in [-0.3, -0.25) is 9.69 Å². The molecule has 1 aromatic rings. The Morgan fingerprint density at radius 2 is 1.97 bits per heavy atom. The van der Waals surface area contributed by atoms with Crippen LogP contribution in [0.25, 0.3) is 0 Å². The third-order valence-corrected chi connectivity index (χ3v) is 7.91. The van der Waals surface area contributed by atoms with E-state index in [0.717, 1.165) is 17.7 Å². The number of carbonyl (C=O) groups is 2. The number of urea groups is 1. The number of amides is 3. The second-order valence-electron chi connectivity index (χ2n) is 9.22. The highest BCUT2D eigenvalue weighted by molar-refractivity contribution is 5.95. The molecule has 4 rings (SSSR count). The molecule has 31 heavy (non-hydrogen) atoms. The summed E-state index contributed by atoms with van der Waals surface area (Å²) in [6.45, 7) is 5.85. The van der Waals surface area contributed by atoms with Gasteiger partial charge in [0.1, 0.15) is 0 Å². The van der Waals surface area contributed by atoms with Crippen LogP contribution in [-0.2, 0) is 16.6 Å². The largest absolute Gasteiger partial charge is 0.387 e. The monoisotopic (exact) mass is 424 g/mol. The van der Waals surface area contributed by atoms with E-state index in [1.807, 2.05) is 39.1 Å². The number of hydrogen-bond donors (Lipinski definition) is 1. The molecule has 0 aromatic heterocycles. The predicted octanol–water partition coefficient (Wildman–Crippen LogP) is 2.26. The highest BCUT2D eigenvalue weighted by Crippen LogP contribution is 2.55. The minimum absolute atomic E-state index is 0.0762. The number of hydrogen-bond acceptors (Lipinski definition) is 5. The second kappa shape index (κ2) is 7.92. The van der Waals surface area contributed by atoms with E-state index in [1.54, 1.807) is 4.90 Å². The van der Waals surface area contributed by atoms with E-state index in [-0.39, 0.29) is 24.4 Å². The number of rotatable bonds is 2. The molecular formula is C24H32N4O3. The van der Waals surface area contributed by atoms with Gasteiger partial charge in [0.2, 0.25) is 5.91 Å². The van der Waals surface area contributed by atoms with Crippen molar-refractivity contribution in [2.24, 2.45) is 0 Å². The van der Waals surface area contributed by atoms with Gasteiger partial charge in [-0.25, -0.2) is 4.79 Å². The van der Waals surface area contributed by atoms with E-state index in [4.69, 9.17) is 0 Å². The van der Waals surface area contributed by atoms with E-state index in [2.05, 4.69) is 11.0 Å². The summed E-state index contributed by atoms with van der Waals surface area (Å²) >= 11 is 0. The molecule has 7 heteroatoms. The molecule has 0 spiro atoms. The van der Waals surface area contributed by atoms with Gasteiger partial charge < -0.3 is 14.9 Å². The van der Waals surface area contributed by atoms with Gasteiger partial charge in [-0.2, -0.15) is 5.26 Å². The minimum Gasteiger partial charge on any atom is -0.387 e. The van der Waals surface area contributed by atoms with Crippen LogP contribution in [0, 0.1) is 11.3 Å². The standard InChI is InChI=1S/C24H32N4O3/c1-4-27-11-6-9-24(31)20-14-18-8-7-17(16-25)13-19(18)23(24,10-12-26(20)3)15-21(29)28(5-2)22(27)30/h7-8,13,20,31H,4-6,9-12,14-15H2,1-3H3/t20-,23-,24-/m1/s1. The fourth-order valence-electron chi connectivity index (χ4n) is 6.21. The molecule has 1 aliphatic carbocycles. The zero-order valence-corrected chi connectivity index (χ0v) is 18.7. The lowest BCUT2D eigenvalue weighted by Crippen LogP contribution is -2.72. The average Bonchev–Trinajstić information content (AvgIpc) is 2.75. The van der Waals surface area contributed by atoms with Gasteiger partial charge >= 0.3 is 6.03 Å². The van der Waals surface area contributed by atoms with Gasteiger partial charge in [-0.1, -0.05) is 6.07 Å². The molecule has 0 saturated carbocycles. The molecule has 2 fully saturated rings. The first-order valence-corrected chi connectivity index (χ1v) is 11.4. The van der Waals surface area contributed by atoms with Crippen LogP contribution in [-0.4, -0.2) is 76.6 Å². The molecule has 0 unspecified atom stereocenters. The number of likely N-dealkylation sites (tertiary alicyclic amines) is 1. The smallest absolute Gasteiger partial charge is 0.326 e. The van der Waals surface area contributed by atoms with E-state index in [9.17, 15) is 20.0 Å². The van der Waals surface area contributed by atoms with Gasteiger partial charge in [0.25, 0.3) is 0 Å². The molecule has 3 aliphatic rings. The maximum atomic E-state index is 13.6. The van der Waals surface area contributed by atoms with Crippen LogP contribution in [0.15, 0.2) is 18.2 Å². The molecule has 3 atom stereocenters. The molecule has 7 nitrogen and oxygen atoms in total. The molecule has 166 valence electrons. The Hall–Kier alpha value is -2.43. The Labute approximate surface area is 184 Å². The fraction of sp³-hybridized carbons (Fsp3) is 0.625. The fourth-order valence-corrected chi connectivity index (χ4v) is 6.21. The van der Waals surface area contributed by atoms with E-state index < -0.39 is 11.0 Å². The molecule has 2 aliphatic heterocycles. The van der Waals surface area contributed by atoms with Crippen molar-refractivity contribution in [1.82, 2.24) is 14.7 Å². The summed E-state index contributed by atoms with van der Waals surface area (Å²) < 4.78 is 0. The van der Waals surface area contributed by atoms with Crippen LogP contribution < -0.4 is 0 Å². The number of fused-ring (bicyclic) bond motifs is 1. The number of piperidine rings is 1. The van der Waals surface area contributed by atoms with E-state index >= 15 is 0 Å². The number of carbonyl (C=O) groups excluding carboxylic acids is 2. The zero-order valence-electron chi connectivity index (χ0n) is 18.7. The highest BCUT2D eigenvalue weighted by atomic mass is 16.3. The first-order chi connectivity index (χ1) is 14.8. The number of aliphatic hydroxyl groups is 1. The van der Waals surface area contributed by atoms with Crippen LogP contribution in [0.1, 0.15) is 56.2 Å². The molecule has 2 heterocycles. The summed E-state index contributed by atoms with van der Waals surface area (Å²) in [5.41, 5.74) is 0.649. The Morgan fingerprint density at radius 3 is 2.65 bits per heavy atom. The summed E-state index contributed by atoms with van der Waals surface area (Å²) in [5.74, 6) is -0.246. The van der Waals surface area contributed by atoms with Crippen LogP contribution in [0.2, 0.25) is 0 Å². The van der Waals surface area contributed by atoms with Crippen molar-refractivity contribution in [3.63, 3.8) is 0 Å². The molecule has 1 N–H and O–H groups in total. The van der Waals surface area contributed by atoms with Gasteiger partial charge in [-0.05, 0) is 76.4 Å². The Morgan fingerprint density at radius 1 is 1.19 bits per heavy atom. The number of imide groups is 1. The Balaban J connectivity index is 1.90. The summed E-state index contributed by atoms with van der Waals surface area (Å²) in [7, 11) is 2.04. The first-order valence-electron chi connectivity index (χ1n) is 11.4. The zero-order chi connectivity index (χ0) is 22.4. The van der Waals surface area contributed by atoms with Crippen molar-refractivity contribution in [2.45, 2.75) is 63.0 Å². The first kappa shape index (κ1) is 21.8. The number of nitriles is 1. The van der Waals surface area contributed by atoms with Crippen molar-refractivity contribution in [1.29, 1.82) is 5.26 Å². The lowest BCUT2D eigenvalue weighted by molar-refractivity contribution is -0.161. The normalized spacial score (nSPS) is 31.6. The summed E-state index contributed by atoms with van der Waals surface area (Å²) in [6.07, 6.45) is 2.57. The van der Waals surface area contributed by atoms with Gasteiger partial charge in [0, 0.05) is 37.5 Å². The van der Waals surface area contributed by atoms with Crippen molar-refractivity contribution >= 4 is 11.9 Å². The van der Waals surface area contributed by atoms with E-state index in [0.29, 0.717) is 50.9 Å². The average molecular weight is 425 g/mol. The topological polar surface area (TPSA) is 87.9 Å². The summed E-state index contributed by atoms with van der Waals surface area (Å²) in [5, 5.41) is 21.9. The number of nitrogens with zero attached hydrogens (tertiary/aromatic N) is 4. The van der Waals surface area contributed by atoms with Crippen molar-refractivity contribution in [3.8, 4) is 6.07 Å². The Kier molecular flexibility index (Phi) is 5.57. The molecule has 1 aromatic carbocycles. The third-order valence-electron chi connectivity index (χ3n) is 7.91. The summed E-state index contributed by atoms with van der Waals surface area (Å²) in [4.78, 5) is 31.9. The molecule has 3 amide bonds. The van der Waals surface area contributed by atoms with Crippen LogP contribution in [0.5, 0.6) is 0 Å². The van der Waals surface area contributed by atoms with Gasteiger partial charge in [0.15, 0.2) is 0 Å². The lowest BCUT2D eigenvalue weighted by atomic mass is 9.52. The maximum Gasteiger partial charge on any atom is 0.326 e. The number of benzene rings is 1. The second-order valence-corrected chi connectivity index (χ2v) is 9.22. The highest BCUT2D eigenvalue weighted by Gasteiger charge is 2.63. The SMILES string of the molecule is CCN1CCC[C@@]2(O)[C@H]3Cc4ccc(C#N)cc4[C@@]2(CCN3C)CC(=O)N(CC)C1=O. The molecule has 2 bridgehead atoms. The van der Waals surface area contributed by atoms with Gasteiger partial charge in [0.05, 0.1) is 17.2 Å². The van der Waals surface area contributed by atoms with Crippen molar-refractivity contribution < 1.29 is 14.7 Å². The van der Waals surface area contributed by atoms with Crippen LogP contribution >= 0.6 is 0 Å². The Bertz CT molecular complexity index is 941. The minimum atomic E-state index is -1.10. The molecule has 2 saturated heterocycles. The summed E-state index contributed by atoms with van der Waals surface area (Å²) in [6, 6.07) is 7.54. The van der Waals surface area contributed by atoms with Crippen LogP contribution in [0.3, 0.4) is 0 Å². The van der Waals surface area contributed by atoms with Crippen LogP contribution in [0.4, 0.5) is 4.79 Å². The van der Waals surface area contributed by atoms with E-state index in [1.165, 1.54) is 4.90 Å². The molecule has 0 radical (unpaired) electrons. The maximum absolute atomic E-state index is 13.6. The molecular weight excluding hydrogens is 392 g/mol. The lowest BCUT2D eigenvalue weighted by Gasteiger charge is -2.61. The van der Waals surface area contributed by atoms with Gasteiger partial charge in [-0.15, -0.1) is 0 Å². The third kappa shape index (κ3) is 3.16. The van der Waals surface area contributed by atoms with Crippen molar-refractivity contribution in [3.05, 3.63) is 34.9 Å². The quantitative estimate of drug-likeness (QED) is 0.787. The van der Waals surface area contributed by atoms with Crippen molar-refractivity contribution in [2.75, 3.05) is 33.2 Å².